The number of hydrogen-bond acceptors (Lipinski definition) is 2. The lowest BCUT2D eigenvalue weighted by Gasteiger charge is -2.47. The van der Waals surface area contributed by atoms with Crippen LogP contribution in [0.2, 0.25) is 5.02 Å². The van der Waals surface area contributed by atoms with Crippen LogP contribution in [-0.2, 0) is 6.54 Å². The lowest BCUT2D eigenvalue weighted by molar-refractivity contribution is 0.0598. The monoisotopic (exact) mass is 266 g/mol. The molecule has 0 aliphatic heterocycles. The highest BCUT2D eigenvalue weighted by molar-refractivity contribution is 6.31. The number of likely N-dealkylation sites (N-methyl/N-ethyl adjacent to an activating group) is 1. The summed E-state index contributed by atoms with van der Waals surface area (Å²) < 4.78 is 0. The molecule has 0 heterocycles. The third-order valence-corrected chi connectivity index (χ3v) is 4.56. The Hall–Kier alpha value is -0.570. The van der Waals surface area contributed by atoms with Gasteiger partial charge in [-0.05, 0) is 57.5 Å². The first-order valence-corrected chi connectivity index (χ1v) is 7.04. The topological polar surface area (TPSA) is 15.3 Å². The van der Waals surface area contributed by atoms with Gasteiger partial charge in [-0.25, -0.2) is 0 Å². The van der Waals surface area contributed by atoms with Crippen molar-refractivity contribution in [1.82, 2.24) is 10.2 Å². The second kappa shape index (κ2) is 5.60. The van der Waals surface area contributed by atoms with Crippen LogP contribution in [-0.4, -0.2) is 31.1 Å². The van der Waals surface area contributed by atoms with Crippen molar-refractivity contribution in [2.75, 3.05) is 20.6 Å². The van der Waals surface area contributed by atoms with Gasteiger partial charge in [0, 0.05) is 23.7 Å². The lowest BCUT2D eigenvalue weighted by Crippen LogP contribution is -2.56. The van der Waals surface area contributed by atoms with Gasteiger partial charge in [0.05, 0.1) is 0 Å². The first-order valence-electron chi connectivity index (χ1n) is 6.67. The minimum absolute atomic E-state index is 0.372. The van der Waals surface area contributed by atoms with Gasteiger partial charge >= 0.3 is 0 Å². The molecular weight excluding hydrogens is 244 g/mol. The first kappa shape index (κ1) is 13.9. The van der Waals surface area contributed by atoms with Gasteiger partial charge in [-0.3, -0.25) is 0 Å². The zero-order valence-corrected chi connectivity index (χ0v) is 12.3. The van der Waals surface area contributed by atoms with E-state index >= 15 is 0 Å². The maximum atomic E-state index is 6.24. The molecule has 1 aromatic rings. The Kier molecular flexibility index (Phi) is 4.31. The molecule has 2 rings (SSSR count). The van der Waals surface area contributed by atoms with Crippen molar-refractivity contribution < 1.29 is 0 Å². The van der Waals surface area contributed by atoms with Crippen LogP contribution in [0.5, 0.6) is 0 Å². The number of nitrogens with one attached hydrogen (secondary N) is 1. The zero-order valence-electron chi connectivity index (χ0n) is 11.6. The molecule has 1 fully saturated rings. The summed E-state index contributed by atoms with van der Waals surface area (Å²) in [4.78, 5) is 2.36. The van der Waals surface area contributed by atoms with E-state index in [4.69, 9.17) is 11.6 Å². The van der Waals surface area contributed by atoms with Crippen LogP contribution in [0.15, 0.2) is 18.2 Å². The summed E-state index contributed by atoms with van der Waals surface area (Å²) in [5.41, 5.74) is 2.78. The van der Waals surface area contributed by atoms with Gasteiger partial charge in [0.25, 0.3) is 0 Å². The Morgan fingerprint density at radius 3 is 2.56 bits per heavy atom. The summed E-state index contributed by atoms with van der Waals surface area (Å²) in [6.07, 6.45) is 3.95. The van der Waals surface area contributed by atoms with E-state index in [1.54, 1.807) is 0 Å². The molecule has 1 aromatic carbocycles. The summed E-state index contributed by atoms with van der Waals surface area (Å²) >= 11 is 6.24. The smallest absolute Gasteiger partial charge is 0.0453 e. The van der Waals surface area contributed by atoms with Gasteiger partial charge in [0.2, 0.25) is 0 Å². The maximum Gasteiger partial charge on any atom is 0.0453 e. The van der Waals surface area contributed by atoms with Crippen molar-refractivity contribution in [3.05, 3.63) is 34.3 Å². The van der Waals surface area contributed by atoms with Crippen LogP contribution in [0.25, 0.3) is 0 Å². The largest absolute Gasteiger partial charge is 0.311 e. The van der Waals surface area contributed by atoms with E-state index in [9.17, 15) is 0 Å². The second-order valence-electron chi connectivity index (χ2n) is 5.67. The molecule has 18 heavy (non-hydrogen) atoms. The van der Waals surface area contributed by atoms with Crippen LogP contribution >= 0.6 is 11.6 Å². The standard InChI is InChI=1S/C15H23ClN2/c1-12-5-6-13(14(16)9-12)10-17-11-15(18(2)3)7-4-8-15/h5-6,9,17H,4,7-8,10-11H2,1-3H3. The van der Waals surface area contributed by atoms with Crippen LogP contribution in [0, 0.1) is 6.92 Å². The number of hydrogen-bond donors (Lipinski definition) is 1. The highest BCUT2D eigenvalue weighted by Gasteiger charge is 2.38. The van der Waals surface area contributed by atoms with E-state index in [1.165, 1.54) is 30.4 Å². The summed E-state index contributed by atoms with van der Waals surface area (Å²) in [7, 11) is 4.36. The molecule has 1 aliphatic carbocycles. The van der Waals surface area contributed by atoms with E-state index in [0.717, 1.165) is 18.1 Å². The van der Waals surface area contributed by atoms with Crippen LogP contribution in [0.4, 0.5) is 0 Å². The molecule has 1 N–H and O–H groups in total. The van der Waals surface area contributed by atoms with E-state index < -0.39 is 0 Å². The van der Waals surface area contributed by atoms with Crippen LogP contribution < -0.4 is 5.32 Å². The van der Waals surface area contributed by atoms with Crippen molar-refractivity contribution in [3.63, 3.8) is 0 Å². The molecule has 0 saturated heterocycles. The average molecular weight is 267 g/mol. The fourth-order valence-electron chi connectivity index (χ4n) is 2.59. The predicted molar refractivity (Wildman–Crippen MR) is 78.2 cm³/mol. The lowest BCUT2D eigenvalue weighted by atomic mass is 9.75. The van der Waals surface area contributed by atoms with Crippen LogP contribution in [0.3, 0.4) is 0 Å². The molecule has 0 spiro atoms. The van der Waals surface area contributed by atoms with Gasteiger partial charge in [-0.1, -0.05) is 23.7 Å². The van der Waals surface area contributed by atoms with E-state index in [1.807, 2.05) is 6.07 Å². The van der Waals surface area contributed by atoms with Gasteiger partial charge in [-0.15, -0.1) is 0 Å². The van der Waals surface area contributed by atoms with Gasteiger partial charge in [0.1, 0.15) is 0 Å². The number of halogens is 1. The quantitative estimate of drug-likeness (QED) is 0.880. The molecule has 0 radical (unpaired) electrons. The number of aryl methyl sites for hydroxylation is 1. The normalized spacial score (nSPS) is 17.8. The average Bonchev–Trinajstić information content (AvgIpc) is 2.24. The molecule has 1 aliphatic rings. The molecule has 100 valence electrons. The molecular formula is C15H23ClN2. The Labute approximate surface area is 115 Å². The van der Waals surface area contributed by atoms with Crippen molar-refractivity contribution in [2.45, 2.75) is 38.3 Å². The highest BCUT2D eigenvalue weighted by Crippen LogP contribution is 2.35. The predicted octanol–water partition coefficient (Wildman–Crippen LogP) is 3.22. The minimum Gasteiger partial charge on any atom is -0.311 e. The van der Waals surface area contributed by atoms with Gasteiger partial charge in [-0.2, -0.15) is 0 Å². The van der Waals surface area contributed by atoms with Crippen molar-refractivity contribution in [1.29, 1.82) is 0 Å². The number of rotatable bonds is 5. The number of nitrogens with zero attached hydrogens (tertiary/aromatic N) is 1. The third-order valence-electron chi connectivity index (χ3n) is 4.21. The number of benzene rings is 1. The molecule has 2 nitrogen and oxygen atoms in total. The van der Waals surface area contributed by atoms with E-state index in [0.29, 0.717) is 5.54 Å². The van der Waals surface area contributed by atoms with Crippen molar-refractivity contribution in [3.8, 4) is 0 Å². The third kappa shape index (κ3) is 2.87. The highest BCUT2D eigenvalue weighted by atomic mass is 35.5. The van der Waals surface area contributed by atoms with Gasteiger partial charge < -0.3 is 10.2 Å². The molecule has 0 amide bonds. The molecule has 1 saturated carbocycles. The summed E-state index contributed by atoms with van der Waals surface area (Å²) in [6, 6.07) is 6.27. The fourth-order valence-corrected chi connectivity index (χ4v) is 2.89. The Morgan fingerprint density at radius 2 is 2.06 bits per heavy atom. The molecule has 0 atom stereocenters. The summed E-state index contributed by atoms with van der Waals surface area (Å²) in [5.74, 6) is 0. The Morgan fingerprint density at radius 1 is 1.33 bits per heavy atom. The van der Waals surface area contributed by atoms with Gasteiger partial charge in [0.15, 0.2) is 0 Å². The van der Waals surface area contributed by atoms with E-state index in [2.05, 4.69) is 43.4 Å². The van der Waals surface area contributed by atoms with Crippen molar-refractivity contribution >= 4 is 11.6 Å². The molecule has 0 bridgehead atoms. The first-order chi connectivity index (χ1) is 8.53. The Balaban J connectivity index is 1.88. The second-order valence-corrected chi connectivity index (χ2v) is 6.08. The maximum absolute atomic E-state index is 6.24. The van der Waals surface area contributed by atoms with Crippen molar-refractivity contribution in [2.24, 2.45) is 0 Å². The molecule has 3 heteroatoms. The zero-order chi connectivity index (χ0) is 13.2. The minimum atomic E-state index is 0.372. The fraction of sp³-hybridized carbons (Fsp3) is 0.600. The SMILES string of the molecule is Cc1ccc(CNCC2(N(C)C)CCC2)c(Cl)c1. The molecule has 0 unspecified atom stereocenters. The summed E-state index contributed by atoms with van der Waals surface area (Å²) in [5, 5.41) is 4.43. The molecule has 0 aromatic heterocycles. The summed E-state index contributed by atoms with van der Waals surface area (Å²) in [6.45, 7) is 3.97. The van der Waals surface area contributed by atoms with E-state index in [-0.39, 0.29) is 0 Å². The van der Waals surface area contributed by atoms with Crippen LogP contribution in [0.1, 0.15) is 30.4 Å². The Bertz CT molecular complexity index is 411.